The molecule has 0 amide bonds. The molecule has 0 aromatic rings. The van der Waals surface area contributed by atoms with Crippen molar-refractivity contribution in [3.05, 3.63) is 0 Å². The molecular weight excluding hydrogens is 264 g/mol. The van der Waals surface area contributed by atoms with Crippen molar-refractivity contribution in [2.75, 3.05) is 32.8 Å². The van der Waals surface area contributed by atoms with E-state index in [4.69, 9.17) is 4.74 Å². The van der Waals surface area contributed by atoms with Gasteiger partial charge in [0.15, 0.2) is 0 Å². The van der Waals surface area contributed by atoms with Gasteiger partial charge in [-0.1, -0.05) is 33.1 Å². The molecule has 0 bridgehead atoms. The van der Waals surface area contributed by atoms with E-state index in [2.05, 4.69) is 31.0 Å². The largest absolute Gasteiger partial charge is 0.394 e. The molecular formula is C17H34N2O2. The van der Waals surface area contributed by atoms with Gasteiger partial charge in [-0.25, -0.2) is 0 Å². The average Bonchev–Trinajstić information content (AvgIpc) is 2.45. The molecule has 2 rings (SSSR count). The van der Waals surface area contributed by atoms with Gasteiger partial charge in [0, 0.05) is 32.2 Å². The molecule has 2 aliphatic rings. The maximum atomic E-state index is 9.41. The lowest BCUT2D eigenvalue weighted by Crippen LogP contribution is -2.54. The summed E-state index contributed by atoms with van der Waals surface area (Å²) in [5.74, 6) is 0. The third-order valence-corrected chi connectivity index (χ3v) is 4.96. The van der Waals surface area contributed by atoms with Crippen LogP contribution >= 0.6 is 0 Å². The number of morpholine rings is 1. The van der Waals surface area contributed by atoms with Crippen LogP contribution in [0.5, 0.6) is 0 Å². The van der Waals surface area contributed by atoms with E-state index in [1.54, 1.807) is 0 Å². The van der Waals surface area contributed by atoms with Crippen LogP contribution in [-0.4, -0.2) is 61.0 Å². The summed E-state index contributed by atoms with van der Waals surface area (Å²) in [6.45, 7) is 10.9. The maximum absolute atomic E-state index is 9.41. The van der Waals surface area contributed by atoms with Crippen LogP contribution in [0.1, 0.15) is 52.9 Å². The van der Waals surface area contributed by atoms with Crippen LogP contribution in [0, 0.1) is 5.41 Å². The standard InChI is InChI=1S/C17H34N2O2/c1-14(2)18-12-17(7-5-4-6-8-17)13-19-9-15(3)21-16(10-19)11-20/h14-16,18,20H,4-13H2,1-3H3. The summed E-state index contributed by atoms with van der Waals surface area (Å²) in [6.07, 6.45) is 7.01. The highest BCUT2D eigenvalue weighted by Crippen LogP contribution is 2.37. The second kappa shape index (κ2) is 7.91. The number of nitrogens with zero attached hydrogens (tertiary/aromatic N) is 1. The van der Waals surface area contributed by atoms with E-state index in [1.807, 2.05) is 0 Å². The smallest absolute Gasteiger partial charge is 0.0936 e. The van der Waals surface area contributed by atoms with E-state index in [9.17, 15) is 5.11 Å². The first-order chi connectivity index (χ1) is 10.0. The van der Waals surface area contributed by atoms with Gasteiger partial charge in [-0.05, 0) is 25.2 Å². The molecule has 1 aliphatic carbocycles. The Bertz CT molecular complexity index is 303. The van der Waals surface area contributed by atoms with Crippen molar-refractivity contribution in [1.29, 1.82) is 0 Å². The summed E-state index contributed by atoms with van der Waals surface area (Å²) in [6, 6.07) is 0.553. The molecule has 2 atom stereocenters. The van der Waals surface area contributed by atoms with Gasteiger partial charge in [0.1, 0.15) is 0 Å². The number of aliphatic hydroxyl groups excluding tert-OH is 1. The normalized spacial score (nSPS) is 30.7. The van der Waals surface area contributed by atoms with Gasteiger partial charge in [0.25, 0.3) is 0 Å². The van der Waals surface area contributed by atoms with Crippen molar-refractivity contribution in [3.63, 3.8) is 0 Å². The van der Waals surface area contributed by atoms with Crippen molar-refractivity contribution in [3.8, 4) is 0 Å². The zero-order chi connectivity index (χ0) is 15.3. The van der Waals surface area contributed by atoms with Gasteiger partial charge in [0.05, 0.1) is 18.8 Å². The molecule has 1 aliphatic heterocycles. The Labute approximate surface area is 130 Å². The molecule has 4 nitrogen and oxygen atoms in total. The molecule has 2 unspecified atom stereocenters. The van der Waals surface area contributed by atoms with Crippen LogP contribution < -0.4 is 5.32 Å². The second-order valence-electron chi connectivity index (χ2n) is 7.54. The van der Waals surface area contributed by atoms with E-state index in [0.29, 0.717) is 11.5 Å². The number of rotatable bonds is 6. The zero-order valence-corrected chi connectivity index (χ0v) is 14.1. The number of hydrogen-bond acceptors (Lipinski definition) is 4. The van der Waals surface area contributed by atoms with Crippen LogP contribution in [0.15, 0.2) is 0 Å². The summed E-state index contributed by atoms with van der Waals surface area (Å²) >= 11 is 0. The second-order valence-corrected chi connectivity index (χ2v) is 7.54. The Morgan fingerprint density at radius 1 is 1.24 bits per heavy atom. The first kappa shape index (κ1) is 17.2. The number of hydrogen-bond donors (Lipinski definition) is 2. The van der Waals surface area contributed by atoms with Crippen molar-refractivity contribution in [1.82, 2.24) is 10.2 Å². The summed E-state index contributed by atoms with van der Waals surface area (Å²) < 4.78 is 5.78. The quantitative estimate of drug-likeness (QED) is 0.787. The molecule has 1 heterocycles. The Morgan fingerprint density at radius 2 is 1.95 bits per heavy atom. The number of nitrogens with one attached hydrogen (secondary N) is 1. The predicted octanol–water partition coefficient (Wildman–Crippen LogP) is 2.02. The molecule has 0 radical (unpaired) electrons. The van der Waals surface area contributed by atoms with Crippen molar-refractivity contribution < 1.29 is 9.84 Å². The Kier molecular flexibility index (Phi) is 6.48. The number of aliphatic hydroxyl groups is 1. The highest BCUT2D eigenvalue weighted by atomic mass is 16.5. The van der Waals surface area contributed by atoms with Gasteiger partial charge in [-0.15, -0.1) is 0 Å². The summed E-state index contributed by atoms with van der Waals surface area (Å²) in [4.78, 5) is 2.53. The highest BCUT2D eigenvalue weighted by molar-refractivity contribution is 4.90. The minimum Gasteiger partial charge on any atom is -0.394 e. The lowest BCUT2D eigenvalue weighted by Gasteiger charge is -2.45. The monoisotopic (exact) mass is 298 g/mol. The van der Waals surface area contributed by atoms with E-state index in [-0.39, 0.29) is 18.8 Å². The van der Waals surface area contributed by atoms with E-state index < -0.39 is 0 Å². The van der Waals surface area contributed by atoms with Crippen LogP contribution in [-0.2, 0) is 4.74 Å². The SMILES string of the molecule is CC(C)NCC1(CN2CC(C)OC(CO)C2)CCCCC1. The fourth-order valence-electron chi connectivity index (χ4n) is 3.96. The van der Waals surface area contributed by atoms with Gasteiger partial charge in [-0.2, -0.15) is 0 Å². The topological polar surface area (TPSA) is 44.7 Å². The van der Waals surface area contributed by atoms with Gasteiger partial charge < -0.3 is 15.2 Å². The van der Waals surface area contributed by atoms with E-state index >= 15 is 0 Å². The molecule has 21 heavy (non-hydrogen) atoms. The first-order valence-corrected chi connectivity index (χ1v) is 8.75. The van der Waals surface area contributed by atoms with Crippen molar-refractivity contribution in [2.45, 2.75) is 71.1 Å². The van der Waals surface area contributed by atoms with Crippen LogP contribution in [0.2, 0.25) is 0 Å². The Hall–Kier alpha value is -0.160. The average molecular weight is 298 g/mol. The van der Waals surface area contributed by atoms with E-state index in [1.165, 1.54) is 32.1 Å². The van der Waals surface area contributed by atoms with E-state index in [0.717, 1.165) is 26.2 Å². The molecule has 124 valence electrons. The molecule has 1 saturated heterocycles. The van der Waals surface area contributed by atoms with Crippen LogP contribution in [0.25, 0.3) is 0 Å². The first-order valence-electron chi connectivity index (χ1n) is 8.75. The summed E-state index contributed by atoms with van der Waals surface area (Å²) in [7, 11) is 0. The predicted molar refractivity (Wildman–Crippen MR) is 86.5 cm³/mol. The fourth-order valence-corrected chi connectivity index (χ4v) is 3.96. The molecule has 0 aromatic carbocycles. The maximum Gasteiger partial charge on any atom is 0.0936 e. The van der Waals surface area contributed by atoms with Crippen molar-refractivity contribution in [2.24, 2.45) is 5.41 Å². The van der Waals surface area contributed by atoms with Gasteiger partial charge in [-0.3, -0.25) is 4.90 Å². The van der Waals surface area contributed by atoms with Gasteiger partial charge in [0.2, 0.25) is 0 Å². The zero-order valence-electron chi connectivity index (χ0n) is 14.1. The molecule has 2 fully saturated rings. The molecule has 1 saturated carbocycles. The molecule has 4 heteroatoms. The molecule has 2 N–H and O–H groups in total. The Morgan fingerprint density at radius 3 is 2.57 bits per heavy atom. The summed E-state index contributed by atoms with van der Waals surface area (Å²) in [5, 5.41) is 13.1. The lowest BCUT2D eigenvalue weighted by molar-refractivity contribution is -0.104. The van der Waals surface area contributed by atoms with Crippen molar-refractivity contribution >= 4 is 0 Å². The minimum absolute atomic E-state index is 0.00699. The minimum atomic E-state index is -0.00699. The molecule has 0 aromatic heterocycles. The Balaban J connectivity index is 1.96. The summed E-state index contributed by atoms with van der Waals surface area (Å²) in [5.41, 5.74) is 0.416. The third kappa shape index (κ3) is 5.20. The van der Waals surface area contributed by atoms with Crippen LogP contribution in [0.4, 0.5) is 0 Å². The molecule has 0 spiro atoms. The number of ether oxygens (including phenoxy) is 1. The van der Waals surface area contributed by atoms with Gasteiger partial charge >= 0.3 is 0 Å². The highest BCUT2D eigenvalue weighted by Gasteiger charge is 2.36. The van der Waals surface area contributed by atoms with Crippen LogP contribution in [0.3, 0.4) is 0 Å². The lowest BCUT2D eigenvalue weighted by atomic mass is 9.73. The third-order valence-electron chi connectivity index (χ3n) is 4.96. The fraction of sp³-hybridized carbons (Fsp3) is 1.00.